The summed E-state index contributed by atoms with van der Waals surface area (Å²) in [4.78, 5) is 0. The van der Waals surface area contributed by atoms with Crippen molar-refractivity contribution < 1.29 is 14.6 Å². The van der Waals surface area contributed by atoms with Gasteiger partial charge in [-0.1, -0.05) is 13.8 Å². The Labute approximate surface area is 119 Å². The minimum Gasteiger partial charge on any atom is -0.508 e. The number of aromatic hydroxyl groups is 1. The van der Waals surface area contributed by atoms with E-state index in [0.29, 0.717) is 24.1 Å². The van der Waals surface area contributed by atoms with Crippen molar-refractivity contribution in [2.45, 2.75) is 51.7 Å². The van der Waals surface area contributed by atoms with Crippen LogP contribution >= 0.6 is 0 Å². The molecular formula is C16H24FNO2. The Morgan fingerprint density at radius 3 is 2.50 bits per heavy atom. The third kappa shape index (κ3) is 3.93. The van der Waals surface area contributed by atoms with Crippen LogP contribution in [0.5, 0.6) is 5.75 Å². The predicted molar refractivity (Wildman–Crippen MR) is 77.0 cm³/mol. The number of nitrogens with one attached hydrogen (secondary N) is 1. The largest absolute Gasteiger partial charge is 0.508 e. The standard InChI is InChI=1S/C16H24FNO2/c1-15(2)5-7-16(20,8-6-15)11-18-10-12-9-13(17)3-4-14(12)19/h3-4,9,18-20H,5-8,10-11H2,1-2H3. The van der Waals surface area contributed by atoms with E-state index in [4.69, 9.17) is 0 Å². The van der Waals surface area contributed by atoms with Crippen LogP contribution in [0.1, 0.15) is 45.1 Å². The van der Waals surface area contributed by atoms with Crippen LogP contribution in [0, 0.1) is 11.2 Å². The number of hydrogen-bond donors (Lipinski definition) is 3. The number of halogens is 1. The van der Waals surface area contributed by atoms with Crippen LogP contribution in [0.3, 0.4) is 0 Å². The molecule has 1 aromatic rings. The van der Waals surface area contributed by atoms with Crippen LogP contribution in [-0.4, -0.2) is 22.4 Å². The molecule has 112 valence electrons. The highest BCUT2D eigenvalue weighted by atomic mass is 19.1. The molecule has 0 saturated heterocycles. The summed E-state index contributed by atoms with van der Waals surface area (Å²) in [5.74, 6) is -0.284. The van der Waals surface area contributed by atoms with E-state index in [-0.39, 0.29) is 11.6 Å². The minimum atomic E-state index is -0.682. The van der Waals surface area contributed by atoms with Crippen LogP contribution in [0.25, 0.3) is 0 Å². The minimum absolute atomic E-state index is 0.0793. The second kappa shape index (κ2) is 5.70. The number of hydrogen-bond acceptors (Lipinski definition) is 3. The van der Waals surface area contributed by atoms with Gasteiger partial charge in [0, 0.05) is 18.7 Å². The van der Waals surface area contributed by atoms with Crippen LogP contribution < -0.4 is 5.32 Å². The average Bonchev–Trinajstić information content (AvgIpc) is 2.38. The van der Waals surface area contributed by atoms with E-state index in [9.17, 15) is 14.6 Å². The summed E-state index contributed by atoms with van der Waals surface area (Å²) in [6.07, 6.45) is 3.58. The third-order valence-corrected chi connectivity index (χ3v) is 4.35. The Morgan fingerprint density at radius 1 is 1.20 bits per heavy atom. The van der Waals surface area contributed by atoms with Crippen molar-refractivity contribution in [1.82, 2.24) is 5.32 Å². The number of aliphatic hydroxyl groups is 1. The lowest BCUT2D eigenvalue weighted by Gasteiger charge is -2.40. The van der Waals surface area contributed by atoms with Crippen molar-refractivity contribution in [2.75, 3.05) is 6.54 Å². The molecule has 2 rings (SSSR count). The van der Waals surface area contributed by atoms with E-state index in [1.54, 1.807) is 0 Å². The van der Waals surface area contributed by atoms with E-state index in [2.05, 4.69) is 19.2 Å². The summed E-state index contributed by atoms with van der Waals surface area (Å²) in [5, 5.41) is 23.3. The first-order valence-corrected chi connectivity index (χ1v) is 7.20. The molecule has 0 spiro atoms. The molecular weight excluding hydrogens is 257 g/mol. The van der Waals surface area contributed by atoms with Crippen LogP contribution in [0.15, 0.2) is 18.2 Å². The zero-order chi connectivity index (χ0) is 14.8. The van der Waals surface area contributed by atoms with Crippen LogP contribution in [-0.2, 0) is 6.54 Å². The van der Waals surface area contributed by atoms with E-state index in [0.717, 1.165) is 25.7 Å². The molecule has 0 bridgehead atoms. The second-order valence-electron chi connectivity index (χ2n) is 6.77. The van der Waals surface area contributed by atoms with E-state index in [1.165, 1.54) is 18.2 Å². The summed E-state index contributed by atoms with van der Waals surface area (Å²) >= 11 is 0. The SMILES string of the molecule is CC1(C)CCC(O)(CNCc2cc(F)ccc2O)CC1. The van der Waals surface area contributed by atoms with Crippen molar-refractivity contribution in [3.63, 3.8) is 0 Å². The van der Waals surface area contributed by atoms with Crippen molar-refractivity contribution in [2.24, 2.45) is 5.41 Å². The summed E-state index contributed by atoms with van der Waals surface area (Å²) in [7, 11) is 0. The first-order chi connectivity index (χ1) is 9.30. The molecule has 0 unspecified atom stereocenters. The lowest BCUT2D eigenvalue weighted by atomic mass is 9.71. The van der Waals surface area contributed by atoms with Gasteiger partial charge in [-0.3, -0.25) is 0 Å². The Hall–Kier alpha value is -1.13. The summed E-state index contributed by atoms with van der Waals surface area (Å²) in [6.45, 7) is 5.28. The van der Waals surface area contributed by atoms with Gasteiger partial charge in [0.05, 0.1) is 5.60 Å². The fourth-order valence-electron chi connectivity index (χ4n) is 2.69. The zero-order valence-corrected chi connectivity index (χ0v) is 12.2. The molecule has 20 heavy (non-hydrogen) atoms. The first kappa shape index (κ1) is 15.3. The van der Waals surface area contributed by atoms with Gasteiger partial charge in [0.15, 0.2) is 0 Å². The molecule has 3 N–H and O–H groups in total. The smallest absolute Gasteiger partial charge is 0.123 e. The predicted octanol–water partition coefficient (Wildman–Crippen LogP) is 2.95. The van der Waals surface area contributed by atoms with Crippen molar-refractivity contribution in [1.29, 1.82) is 0 Å². The first-order valence-electron chi connectivity index (χ1n) is 7.20. The molecule has 3 nitrogen and oxygen atoms in total. The summed E-state index contributed by atoms with van der Waals surface area (Å²) in [6, 6.07) is 3.90. The normalized spacial score (nSPS) is 20.8. The van der Waals surface area contributed by atoms with Gasteiger partial charge in [-0.2, -0.15) is 0 Å². The highest BCUT2D eigenvalue weighted by molar-refractivity contribution is 5.32. The fourth-order valence-corrected chi connectivity index (χ4v) is 2.69. The highest BCUT2D eigenvalue weighted by Crippen LogP contribution is 2.39. The van der Waals surface area contributed by atoms with E-state index < -0.39 is 5.60 Å². The third-order valence-electron chi connectivity index (χ3n) is 4.35. The summed E-state index contributed by atoms with van der Waals surface area (Å²) in [5.41, 5.74) is 0.149. The lowest BCUT2D eigenvalue weighted by molar-refractivity contribution is -0.0245. The average molecular weight is 281 g/mol. The zero-order valence-electron chi connectivity index (χ0n) is 12.2. The van der Waals surface area contributed by atoms with Gasteiger partial charge in [-0.25, -0.2) is 4.39 Å². The Morgan fingerprint density at radius 2 is 1.85 bits per heavy atom. The Balaban J connectivity index is 1.85. The Kier molecular flexibility index (Phi) is 4.35. The van der Waals surface area contributed by atoms with Gasteiger partial charge in [-0.15, -0.1) is 0 Å². The molecule has 0 atom stereocenters. The molecule has 1 aliphatic rings. The maximum atomic E-state index is 13.1. The van der Waals surface area contributed by atoms with Gasteiger partial charge in [-0.05, 0) is 49.3 Å². The molecule has 0 radical (unpaired) electrons. The van der Waals surface area contributed by atoms with Crippen molar-refractivity contribution in [3.8, 4) is 5.75 Å². The monoisotopic (exact) mass is 281 g/mol. The molecule has 1 fully saturated rings. The van der Waals surface area contributed by atoms with Gasteiger partial charge in [0.1, 0.15) is 11.6 Å². The molecule has 0 aliphatic heterocycles. The summed E-state index contributed by atoms with van der Waals surface area (Å²) < 4.78 is 13.1. The van der Waals surface area contributed by atoms with Gasteiger partial charge in [0.2, 0.25) is 0 Å². The lowest BCUT2D eigenvalue weighted by Crippen LogP contribution is -2.44. The molecule has 4 heteroatoms. The fraction of sp³-hybridized carbons (Fsp3) is 0.625. The molecule has 0 heterocycles. The van der Waals surface area contributed by atoms with E-state index >= 15 is 0 Å². The van der Waals surface area contributed by atoms with Gasteiger partial charge < -0.3 is 15.5 Å². The van der Waals surface area contributed by atoms with Crippen molar-refractivity contribution in [3.05, 3.63) is 29.6 Å². The molecule has 1 saturated carbocycles. The van der Waals surface area contributed by atoms with Crippen molar-refractivity contribution >= 4 is 0 Å². The van der Waals surface area contributed by atoms with Crippen LogP contribution in [0.4, 0.5) is 4.39 Å². The molecule has 0 aromatic heterocycles. The highest BCUT2D eigenvalue weighted by Gasteiger charge is 2.36. The number of phenolic OH excluding ortho intramolecular Hbond substituents is 1. The quantitative estimate of drug-likeness (QED) is 0.795. The number of rotatable bonds is 4. The maximum absolute atomic E-state index is 13.1. The second-order valence-corrected chi connectivity index (χ2v) is 6.77. The van der Waals surface area contributed by atoms with Crippen LogP contribution in [0.2, 0.25) is 0 Å². The topological polar surface area (TPSA) is 52.5 Å². The van der Waals surface area contributed by atoms with Gasteiger partial charge in [0.25, 0.3) is 0 Å². The van der Waals surface area contributed by atoms with Gasteiger partial charge >= 0.3 is 0 Å². The Bertz CT molecular complexity index is 464. The molecule has 0 amide bonds. The maximum Gasteiger partial charge on any atom is 0.123 e. The molecule has 1 aromatic carbocycles. The number of benzene rings is 1. The number of phenols is 1. The molecule has 1 aliphatic carbocycles. The van der Waals surface area contributed by atoms with E-state index in [1.807, 2.05) is 0 Å².